The summed E-state index contributed by atoms with van der Waals surface area (Å²) in [6.07, 6.45) is 1.89. The average Bonchev–Trinajstić information content (AvgIpc) is 2.33. The van der Waals surface area contributed by atoms with E-state index in [1.54, 1.807) is 0 Å². The van der Waals surface area contributed by atoms with Crippen LogP contribution in [-0.4, -0.2) is 24.6 Å². The minimum absolute atomic E-state index is 0.150. The molecule has 0 fully saturated rings. The largest absolute Gasteiger partial charge is 0.479 e. The van der Waals surface area contributed by atoms with Gasteiger partial charge < -0.3 is 10.5 Å². The molecule has 0 aliphatic carbocycles. The maximum absolute atomic E-state index is 5.66. The summed E-state index contributed by atoms with van der Waals surface area (Å²) in [6.45, 7) is 7.14. The highest BCUT2D eigenvalue weighted by molar-refractivity contribution is 5.78. The van der Waals surface area contributed by atoms with Crippen LogP contribution in [0.25, 0.3) is 0 Å². The smallest absolute Gasteiger partial charge is 0.185 e. The Hall–Kier alpha value is -0.570. The number of nitrogens with two attached hydrogens (primary N) is 1. The maximum atomic E-state index is 5.66. The van der Waals surface area contributed by atoms with Gasteiger partial charge in [-0.3, -0.25) is 0 Å². The van der Waals surface area contributed by atoms with Crippen molar-refractivity contribution in [2.45, 2.75) is 45.7 Å². The van der Waals surface area contributed by atoms with Crippen LogP contribution in [-0.2, 0) is 4.74 Å². The third-order valence-corrected chi connectivity index (χ3v) is 2.01. The van der Waals surface area contributed by atoms with E-state index in [2.05, 4.69) is 18.8 Å². The summed E-state index contributed by atoms with van der Waals surface area (Å²) in [5.41, 5.74) is 5.66. The standard InChI is InChI=1S/C10H20N2O/c1-7(2)4-9-6-13-10(12-9)5-8(3)11/h7-9H,4-6,11H2,1-3H3. The molecule has 0 saturated heterocycles. The fourth-order valence-corrected chi connectivity index (χ4v) is 1.52. The van der Waals surface area contributed by atoms with E-state index in [1.165, 1.54) is 0 Å². The van der Waals surface area contributed by atoms with Gasteiger partial charge in [-0.2, -0.15) is 0 Å². The molecule has 13 heavy (non-hydrogen) atoms. The number of aliphatic imine (C=N–C) groups is 1. The number of rotatable bonds is 4. The molecule has 2 N–H and O–H groups in total. The molecule has 1 aliphatic heterocycles. The van der Waals surface area contributed by atoms with Gasteiger partial charge in [0.05, 0.1) is 6.04 Å². The Morgan fingerprint density at radius 1 is 1.54 bits per heavy atom. The molecule has 1 aliphatic rings. The molecule has 0 aromatic carbocycles. The first kappa shape index (κ1) is 10.5. The van der Waals surface area contributed by atoms with Gasteiger partial charge in [0.2, 0.25) is 0 Å². The highest BCUT2D eigenvalue weighted by Crippen LogP contribution is 2.15. The van der Waals surface area contributed by atoms with Crippen LogP contribution in [0.2, 0.25) is 0 Å². The molecular formula is C10H20N2O. The lowest BCUT2D eigenvalue weighted by molar-refractivity contribution is 0.293. The summed E-state index contributed by atoms with van der Waals surface area (Å²) < 4.78 is 5.45. The number of nitrogens with zero attached hydrogens (tertiary/aromatic N) is 1. The van der Waals surface area contributed by atoms with Gasteiger partial charge >= 0.3 is 0 Å². The zero-order chi connectivity index (χ0) is 9.84. The van der Waals surface area contributed by atoms with Crippen molar-refractivity contribution < 1.29 is 4.74 Å². The first-order chi connectivity index (χ1) is 6.08. The van der Waals surface area contributed by atoms with Gasteiger partial charge in [0.25, 0.3) is 0 Å². The second kappa shape index (κ2) is 4.61. The van der Waals surface area contributed by atoms with E-state index in [9.17, 15) is 0 Å². The Kier molecular flexibility index (Phi) is 3.72. The molecule has 2 unspecified atom stereocenters. The molecule has 0 radical (unpaired) electrons. The molecule has 0 saturated carbocycles. The van der Waals surface area contributed by atoms with E-state index in [0.29, 0.717) is 12.0 Å². The molecule has 1 rings (SSSR count). The van der Waals surface area contributed by atoms with E-state index < -0.39 is 0 Å². The van der Waals surface area contributed by atoms with E-state index in [-0.39, 0.29) is 6.04 Å². The van der Waals surface area contributed by atoms with Crippen molar-refractivity contribution in [3.05, 3.63) is 0 Å². The van der Waals surface area contributed by atoms with Crippen molar-refractivity contribution in [3.8, 4) is 0 Å². The van der Waals surface area contributed by atoms with Crippen LogP contribution >= 0.6 is 0 Å². The third-order valence-electron chi connectivity index (χ3n) is 2.01. The molecule has 1 heterocycles. The predicted octanol–water partition coefficient (Wildman–Crippen LogP) is 1.57. The van der Waals surface area contributed by atoms with Crippen LogP contribution in [0.5, 0.6) is 0 Å². The highest BCUT2D eigenvalue weighted by Gasteiger charge is 2.19. The average molecular weight is 184 g/mol. The van der Waals surface area contributed by atoms with E-state index in [1.807, 2.05) is 6.92 Å². The summed E-state index contributed by atoms with van der Waals surface area (Å²) in [7, 11) is 0. The minimum Gasteiger partial charge on any atom is -0.479 e. The minimum atomic E-state index is 0.150. The lowest BCUT2D eigenvalue weighted by Gasteiger charge is -2.06. The van der Waals surface area contributed by atoms with Crippen LogP contribution in [0.1, 0.15) is 33.6 Å². The molecule has 0 bridgehead atoms. The lowest BCUT2D eigenvalue weighted by atomic mass is 10.1. The van der Waals surface area contributed by atoms with Gasteiger partial charge in [0, 0.05) is 12.5 Å². The van der Waals surface area contributed by atoms with Gasteiger partial charge in [-0.15, -0.1) is 0 Å². The molecule has 3 heteroatoms. The SMILES string of the molecule is CC(C)CC1COC(CC(C)N)=N1. The first-order valence-corrected chi connectivity index (χ1v) is 5.03. The molecule has 76 valence electrons. The van der Waals surface area contributed by atoms with E-state index in [4.69, 9.17) is 10.5 Å². The zero-order valence-electron chi connectivity index (χ0n) is 8.79. The maximum Gasteiger partial charge on any atom is 0.185 e. The van der Waals surface area contributed by atoms with Crippen molar-refractivity contribution >= 4 is 5.90 Å². The summed E-state index contributed by atoms with van der Waals surface area (Å²) in [6, 6.07) is 0.519. The number of hydrogen-bond acceptors (Lipinski definition) is 3. The van der Waals surface area contributed by atoms with Crippen LogP contribution in [0.3, 0.4) is 0 Å². The Morgan fingerprint density at radius 2 is 2.23 bits per heavy atom. The predicted molar refractivity (Wildman–Crippen MR) is 54.9 cm³/mol. The monoisotopic (exact) mass is 184 g/mol. The van der Waals surface area contributed by atoms with Crippen molar-refractivity contribution in [1.29, 1.82) is 0 Å². The highest BCUT2D eigenvalue weighted by atomic mass is 16.5. The van der Waals surface area contributed by atoms with Gasteiger partial charge in [-0.1, -0.05) is 13.8 Å². The normalized spacial score (nSPS) is 24.4. The first-order valence-electron chi connectivity index (χ1n) is 5.03. The Balaban J connectivity index is 2.35. The second-order valence-electron chi connectivity index (χ2n) is 4.30. The fourth-order valence-electron chi connectivity index (χ4n) is 1.52. The van der Waals surface area contributed by atoms with Crippen molar-refractivity contribution in [3.63, 3.8) is 0 Å². The van der Waals surface area contributed by atoms with E-state index >= 15 is 0 Å². The Bertz CT molecular complexity index is 187. The Morgan fingerprint density at radius 3 is 2.77 bits per heavy atom. The molecule has 0 spiro atoms. The summed E-state index contributed by atoms with van der Waals surface area (Å²) >= 11 is 0. The molecule has 0 amide bonds. The van der Waals surface area contributed by atoms with E-state index in [0.717, 1.165) is 25.3 Å². The van der Waals surface area contributed by atoms with Gasteiger partial charge in [0.1, 0.15) is 6.61 Å². The lowest BCUT2D eigenvalue weighted by Crippen LogP contribution is -2.19. The third kappa shape index (κ3) is 3.77. The fraction of sp³-hybridized carbons (Fsp3) is 0.900. The molecular weight excluding hydrogens is 164 g/mol. The van der Waals surface area contributed by atoms with Gasteiger partial charge in [-0.05, 0) is 19.3 Å². The van der Waals surface area contributed by atoms with Gasteiger partial charge in [-0.25, -0.2) is 4.99 Å². The topological polar surface area (TPSA) is 47.6 Å². The quantitative estimate of drug-likeness (QED) is 0.721. The second-order valence-corrected chi connectivity index (χ2v) is 4.30. The van der Waals surface area contributed by atoms with Crippen molar-refractivity contribution in [2.24, 2.45) is 16.6 Å². The van der Waals surface area contributed by atoms with Crippen LogP contribution in [0.4, 0.5) is 0 Å². The molecule has 3 nitrogen and oxygen atoms in total. The Labute approximate surface area is 80.4 Å². The van der Waals surface area contributed by atoms with Crippen molar-refractivity contribution in [1.82, 2.24) is 0 Å². The van der Waals surface area contributed by atoms with Crippen LogP contribution < -0.4 is 5.73 Å². The number of hydrogen-bond donors (Lipinski definition) is 1. The molecule has 2 atom stereocenters. The van der Waals surface area contributed by atoms with Crippen LogP contribution in [0.15, 0.2) is 4.99 Å². The number of ether oxygens (including phenoxy) is 1. The van der Waals surface area contributed by atoms with Crippen LogP contribution in [0, 0.1) is 5.92 Å². The summed E-state index contributed by atoms with van der Waals surface area (Å²) in [4.78, 5) is 4.48. The van der Waals surface area contributed by atoms with Gasteiger partial charge in [0.15, 0.2) is 5.90 Å². The molecule has 0 aromatic heterocycles. The zero-order valence-corrected chi connectivity index (χ0v) is 8.79. The van der Waals surface area contributed by atoms with Crippen molar-refractivity contribution in [2.75, 3.05) is 6.61 Å². The summed E-state index contributed by atoms with van der Waals surface area (Å²) in [5.74, 6) is 1.53. The summed E-state index contributed by atoms with van der Waals surface area (Å²) in [5, 5.41) is 0. The molecule has 0 aromatic rings.